The number of sulfonamides is 1. The fourth-order valence-corrected chi connectivity index (χ4v) is 2.66. The minimum Gasteiger partial charge on any atom is -0.313 e. The van der Waals surface area contributed by atoms with Gasteiger partial charge in [-0.15, -0.1) is 0 Å². The van der Waals surface area contributed by atoms with E-state index in [-0.39, 0.29) is 10.6 Å². The first-order valence-corrected chi connectivity index (χ1v) is 7.20. The van der Waals surface area contributed by atoms with Gasteiger partial charge in [-0.25, -0.2) is 18.1 Å². The Hall–Kier alpha value is -1.49. The van der Waals surface area contributed by atoms with Crippen LogP contribution in [0.15, 0.2) is 23.2 Å². The lowest BCUT2D eigenvalue weighted by Gasteiger charge is -2.07. The summed E-state index contributed by atoms with van der Waals surface area (Å²) >= 11 is 0. The summed E-state index contributed by atoms with van der Waals surface area (Å²) in [7, 11) is -3.66. The molecule has 6 nitrogen and oxygen atoms in total. The molecule has 1 heterocycles. The van der Waals surface area contributed by atoms with Gasteiger partial charge in [0.05, 0.1) is 0 Å². The average Bonchev–Trinajstić information content (AvgIpc) is 3.19. The van der Waals surface area contributed by atoms with Gasteiger partial charge in [0.25, 0.3) is 0 Å². The van der Waals surface area contributed by atoms with Gasteiger partial charge in [0.15, 0.2) is 5.69 Å². The maximum Gasteiger partial charge on any atom is 0.243 e. The third-order valence-electron chi connectivity index (χ3n) is 2.59. The van der Waals surface area contributed by atoms with Crippen LogP contribution in [0.4, 0.5) is 0 Å². The topological polar surface area (TPSA) is 94.9 Å². The first-order chi connectivity index (χ1) is 8.63. The molecule has 1 aromatic heterocycles. The third-order valence-corrected chi connectivity index (χ3v) is 4.09. The van der Waals surface area contributed by atoms with E-state index < -0.39 is 10.0 Å². The fourth-order valence-electron chi connectivity index (χ4n) is 1.52. The molecule has 0 radical (unpaired) electrons. The monoisotopic (exact) mass is 266 g/mol. The van der Waals surface area contributed by atoms with Crippen molar-refractivity contribution in [2.24, 2.45) is 0 Å². The van der Waals surface area contributed by atoms with Crippen LogP contribution in [0.3, 0.4) is 0 Å². The quantitative estimate of drug-likeness (QED) is 0.706. The number of pyridine rings is 1. The van der Waals surface area contributed by atoms with Crippen molar-refractivity contribution in [1.29, 1.82) is 5.26 Å². The summed E-state index contributed by atoms with van der Waals surface area (Å²) in [6, 6.07) is 5.19. The lowest BCUT2D eigenvalue weighted by Crippen LogP contribution is -2.33. The lowest BCUT2D eigenvalue weighted by atomic mass is 10.4. The normalized spacial score (nSPS) is 15.3. The zero-order valence-electron chi connectivity index (χ0n) is 9.76. The molecule has 2 rings (SSSR count). The van der Waals surface area contributed by atoms with Crippen molar-refractivity contribution in [2.75, 3.05) is 13.1 Å². The van der Waals surface area contributed by atoms with Gasteiger partial charge in [-0.3, -0.25) is 0 Å². The number of nitrogens with zero attached hydrogens (tertiary/aromatic N) is 2. The van der Waals surface area contributed by atoms with Gasteiger partial charge < -0.3 is 5.32 Å². The van der Waals surface area contributed by atoms with Crippen LogP contribution >= 0.6 is 0 Å². The smallest absolute Gasteiger partial charge is 0.243 e. The molecule has 1 aliphatic rings. The molecule has 0 amide bonds. The predicted octanol–water partition coefficient (Wildman–Crippen LogP) is -0.0164. The van der Waals surface area contributed by atoms with Crippen molar-refractivity contribution in [3.05, 3.63) is 24.0 Å². The molecule has 1 fully saturated rings. The lowest BCUT2D eigenvalue weighted by molar-refractivity contribution is 0.574. The molecule has 0 bridgehead atoms. The van der Waals surface area contributed by atoms with Gasteiger partial charge in [-0.2, -0.15) is 5.26 Å². The maximum atomic E-state index is 11.9. The molecule has 1 aliphatic carbocycles. The van der Waals surface area contributed by atoms with Crippen LogP contribution in [-0.2, 0) is 10.0 Å². The Morgan fingerprint density at radius 1 is 1.44 bits per heavy atom. The van der Waals surface area contributed by atoms with Crippen LogP contribution in [0.25, 0.3) is 0 Å². The number of aromatic nitrogens is 1. The van der Waals surface area contributed by atoms with E-state index in [0.29, 0.717) is 19.1 Å². The molecule has 1 aromatic rings. The van der Waals surface area contributed by atoms with Gasteiger partial charge in [-0.1, -0.05) is 0 Å². The summed E-state index contributed by atoms with van der Waals surface area (Å²) in [5, 5.41) is 12.0. The molecule has 0 aromatic carbocycles. The van der Waals surface area contributed by atoms with Crippen LogP contribution in [0.1, 0.15) is 18.5 Å². The first-order valence-electron chi connectivity index (χ1n) is 5.71. The molecule has 0 spiro atoms. The van der Waals surface area contributed by atoms with E-state index in [0.717, 1.165) is 12.8 Å². The van der Waals surface area contributed by atoms with Gasteiger partial charge >= 0.3 is 0 Å². The average molecular weight is 266 g/mol. The highest BCUT2D eigenvalue weighted by molar-refractivity contribution is 7.89. The van der Waals surface area contributed by atoms with E-state index in [2.05, 4.69) is 15.0 Å². The number of hydrogen-bond acceptors (Lipinski definition) is 5. The summed E-state index contributed by atoms with van der Waals surface area (Å²) in [6.07, 6.45) is 3.72. The molecule has 0 aliphatic heterocycles. The Labute approximate surface area is 106 Å². The standard InChI is InChI=1S/C11H14N4O2S/c12-8-10-11(2-1-5-14-10)18(16,17)15-7-6-13-9-3-4-9/h1-2,5,9,13,15H,3-4,6-7H2. The van der Waals surface area contributed by atoms with E-state index in [4.69, 9.17) is 5.26 Å². The van der Waals surface area contributed by atoms with Crippen molar-refractivity contribution in [2.45, 2.75) is 23.8 Å². The minimum atomic E-state index is -3.66. The molecular formula is C11H14N4O2S. The van der Waals surface area contributed by atoms with Crippen molar-refractivity contribution in [3.63, 3.8) is 0 Å². The second-order valence-electron chi connectivity index (χ2n) is 4.09. The summed E-state index contributed by atoms with van der Waals surface area (Å²) in [4.78, 5) is 3.66. The first kappa shape index (κ1) is 13.0. The molecule has 2 N–H and O–H groups in total. The zero-order valence-corrected chi connectivity index (χ0v) is 10.6. The minimum absolute atomic E-state index is 0.0704. The van der Waals surface area contributed by atoms with Crippen LogP contribution in [0.5, 0.6) is 0 Å². The zero-order chi connectivity index (χ0) is 13.0. The number of rotatable bonds is 6. The number of hydrogen-bond donors (Lipinski definition) is 2. The number of nitrogens with one attached hydrogen (secondary N) is 2. The van der Waals surface area contributed by atoms with Crippen LogP contribution in [0, 0.1) is 11.3 Å². The maximum absolute atomic E-state index is 11.9. The molecule has 1 saturated carbocycles. The van der Waals surface area contributed by atoms with E-state index >= 15 is 0 Å². The van der Waals surface area contributed by atoms with E-state index in [1.807, 2.05) is 0 Å². The van der Waals surface area contributed by atoms with Gasteiger partial charge in [-0.05, 0) is 25.0 Å². The van der Waals surface area contributed by atoms with Crippen molar-refractivity contribution in [1.82, 2.24) is 15.0 Å². The van der Waals surface area contributed by atoms with E-state index in [1.165, 1.54) is 18.3 Å². The molecule has 0 atom stereocenters. The molecule has 7 heteroatoms. The molecular weight excluding hydrogens is 252 g/mol. The summed E-state index contributed by atoms with van der Waals surface area (Å²) in [5.74, 6) is 0. The van der Waals surface area contributed by atoms with Gasteiger partial charge in [0, 0.05) is 25.3 Å². The summed E-state index contributed by atoms with van der Waals surface area (Å²) in [5.41, 5.74) is -0.0832. The highest BCUT2D eigenvalue weighted by atomic mass is 32.2. The summed E-state index contributed by atoms with van der Waals surface area (Å²) in [6.45, 7) is 0.893. The highest BCUT2D eigenvalue weighted by Gasteiger charge is 2.21. The van der Waals surface area contributed by atoms with Crippen molar-refractivity contribution < 1.29 is 8.42 Å². The van der Waals surface area contributed by atoms with E-state index in [9.17, 15) is 8.42 Å². The van der Waals surface area contributed by atoms with E-state index in [1.54, 1.807) is 6.07 Å². The largest absolute Gasteiger partial charge is 0.313 e. The second-order valence-corrected chi connectivity index (χ2v) is 5.82. The highest BCUT2D eigenvalue weighted by Crippen LogP contribution is 2.18. The van der Waals surface area contributed by atoms with Crippen molar-refractivity contribution >= 4 is 10.0 Å². The third kappa shape index (κ3) is 3.26. The Bertz CT molecular complexity index is 561. The number of nitriles is 1. The SMILES string of the molecule is N#Cc1ncccc1S(=O)(=O)NCCNC1CC1. The molecule has 0 saturated heterocycles. The predicted molar refractivity (Wildman–Crippen MR) is 65.2 cm³/mol. The molecule has 96 valence electrons. The van der Waals surface area contributed by atoms with Gasteiger partial charge in [0.2, 0.25) is 10.0 Å². The Morgan fingerprint density at radius 3 is 2.89 bits per heavy atom. The van der Waals surface area contributed by atoms with Crippen molar-refractivity contribution in [3.8, 4) is 6.07 Å². The summed E-state index contributed by atoms with van der Waals surface area (Å²) < 4.78 is 26.3. The van der Waals surface area contributed by atoms with Crippen LogP contribution in [-0.4, -0.2) is 32.5 Å². The Balaban J connectivity index is 1.98. The fraction of sp³-hybridized carbons (Fsp3) is 0.455. The second kappa shape index (κ2) is 5.44. The van der Waals surface area contributed by atoms with Gasteiger partial charge in [0.1, 0.15) is 11.0 Å². The molecule has 18 heavy (non-hydrogen) atoms. The Kier molecular flexibility index (Phi) is 3.91. The Morgan fingerprint density at radius 2 is 2.22 bits per heavy atom. The van der Waals surface area contributed by atoms with Crippen LogP contribution < -0.4 is 10.0 Å². The van der Waals surface area contributed by atoms with Crippen LogP contribution in [0.2, 0.25) is 0 Å². The molecule has 0 unspecified atom stereocenters.